The monoisotopic (exact) mass is 214 g/mol. The molecule has 1 aliphatic rings. The predicted molar refractivity (Wildman–Crippen MR) is 51.2 cm³/mol. The summed E-state index contributed by atoms with van der Waals surface area (Å²) in [6.45, 7) is 2.25. The Kier molecular flexibility index (Phi) is 3.65. The third-order valence-corrected chi connectivity index (χ3v) is 2.20. The van der Waals surface area contributed by atoms with Crippen LogP contribution in [0.4, 0.5) is 4.79 Å². The lowest BCUT2D eigenvalue weighted by Gasteiger charge is -2.10. The van der Waals surface area contributed by atoms with Gasteiger partial charge in [0.1, 0.15) is 6.04 Å². The highest BCUT2D eigenvalue weighted by Gasteiger charge is 2.36. The minimum atomic E-state index is -0.967. The van der Waals surface area contributed by atoms with Gasteiger partial charge in [0.2, 0.25) is 0 Å². The highest BCUT2D eigenvalue weighted by molar-refractivity contribution is 6.04. The molecule has 84 valence electrons. The SMILES string of the molecule is CCCN1C(=O)NC(CCC(=O)O)C1=O. The highest BCUT2D eigenvalue weighted by Crippen LogP contribution is 2.11. The zero-order valence-electron chi connectivity index (χ0n) is 8.52. The lowest BCUT2D eigenvalue weighted by Crippen LogP contribution is -2.32. The van der Waals surface area contributed by atoms with Crippen molar-refractivity contribution >= 4 is 17.9 Å². The van der Waals surface area contributed by atoms with Crippen LogP contribution in [-0.4, -0.2) is 40.5 Å². The molecule has 0 aromatic carbocycles. The van der Waals surface area contributed by atoms with E-state index < -0.39 is 18.0 Å². The van der Waals surface area contributed by atoms with Crippen LogP contribution in [0, 0.1) is 0 Å². The van der Waals surface area contributed by atoms with Crippen molar-refractivity contribution < 1.29 is 19.5 Å². The van der Waals surface area contributed by atoms with Gasteiger partial charge in [-0.3, -0.25) is 14.5 Å². The smallest absolute Gasteiger partial charge is 0.324 e. The second kappa shape index (κ2) is 4.77. The molecule has 6 nitrogen and oxygen atoms in total. The van der Waals surface area contributed by atoms with Gasteiger partial charge in [-0.15, -0.1) is 0 Å². The van der Waals surface area contributed by atoms with Crippen LogP contribution in [-0.2, 0) is 9.59 Å². The van der Waals surface area contributed by atoms with E-state index in [-0.39, 0.29) is 18.7 Å². The molecule has 0 bridgehead atoms. The molecule has 1 atom stereocenters. The summed E-state index contributed by atoms with van der Waals surface area (Å²) in [5.41, 5.74) is 0. The molecule has 0 saturated carbocycles. The van der Waals surface area contributed by atoms with Crippen LogP contribution in [0.25, 0.3) is 0 Å². The lowest BCUT2D eigenvalue weighted by atomic mass is 10.1. The molecule has 15 heavy (non-hydrogen) atoms. The summed E-state index contributed by atoms with van der Waals surface area (Å²) in [4.78, 5) is 34.3. The van der Waals surface area contributed by atoms with Gasteiger partial charge in [-0.05, 0) is 12.8 Å². The first kappa shape index (κ1) is 11.5. The number of rotatable bonds is 5. The van der Waals surface area contributed by atoms with E-state index in [0.29, 0.717) is 13.0 Å². The zero-order chi connectivity index (χ0) is 11.4. The summed E-state index contributed by atoms with van der Waals surface area (Å²) < 4.78 is 0. The van der Waals surface area contributed by atoms with Gasteiger partial charge in [-0.2, -0.15) is 0 Å². The molecule has 0 radical (unpaired) electrons. The summed E-state index contributed by atoms with van der Waals surface area (Å²) in [6.07, 6.45) is 0.738. The summed E-state index contributed by atoms with van der Waals surface area (Å²) in [6, 6.07) is -1.09. The first-order valence-corrected chi connectivity index (χ1v) is 4.90. The summed E-state index contributed by atoms with van der Waals surface area (Å²) >= 11 is 0. The van der Waals surface area contributed by atoms with Crippen LogP contribution >= 0.6 is 0 Å². The number of nitrogens with zero attached hydrogens (tertiary/aromatic N) is 1. The predicted octanol–water partition coefficient (Wildman–Crippen LogP) is 0.182. The lowest BCUT2D eigenvalue weighted by molar-refractivity contribution is -0.137. The first-order chi connectivity index (χ1) is 7.06. The van der Waals surface area contributed by atoms with E-state index in [0.717, 1.165) is 4.90 Å². The van der Waals surface area contributed by atoms with Gasteiger partial charge < -0.3 is 10.4 Å². The topological polar surface area (TPSA) is 86.7 Å². The van der Waals surface area contributed by atoms with Crippen molar-refractivity contribution in [1.82, 2.24) is 10.2 Å². The average molecular weight is 214 g/mol. The Morgan fingerprint density at radius 3 is 2.73 bits per heavy atom. The molecule has 0 aromatic rings. The van der Waals surface area contributed by atoms with Crippen molar-refractivity contribution in [2.24, 2.45) is 0 Å². The van der Waals surface area contributed by atoms with E-state index in [4.69, 9.17) is 5.11 Å². The van der Waals surface area contributed by atoms with Gasteiger partial charge in [-0.1, -0.05) is 6.92 Å². The van der Waals surface area contributed by atoms with Crippen LogP contribution in [0.15, 0.2) is 0 Å². The van der Waals surface area contributed by atoms with Crippen LogP contribution < -0.4 is 5.32 Å². The number of aliphatic carboxylic acids is 1. The molecular formula is C9H14N2O4. The van der Waals surface area contributed by atoms with E-state index in [1.165, 1.54) is 0 Å². The average Bonchev–Trinajstić information content (AvgIpc) is 2.43. The van der Waals surface area contributed by atoms with Gasteiger partial charge in [0.15, 0.2) is 0 Å². The minimum Gasteiger partial charge on any atom is -0.481 e. The number of carbonyl (C=O) groups excluding carboxylic acids is 2. The molecule has 0 spiro atoms. The fourth-order valence-corrected chi connectivity index (χ4v) is 1.48. The van der Waals surface area contributed by atoms with Gasteiger partial charge >= 0.3 is 12.0 Å². The maximum absolute atomic E-state index is 11.6. The number of amides is 3. The molecular weight excluding hydrogens is 200 g/mol. The summed E-state index contributed by atoms with van der Waals surface area (Å²) in [5.74, 6) is -1.28. The number of carboxylic acids is 1. The molecule has 2 N–H and O–H groups in total. The molecule has 0 aliphatic carbocycles. The second-order valence-corrected chi connectivity index (χ2v) is 3.42. The van der Waals surface area contributed by atoms with E-state index >= 15 is 0 Å². The third-order valence-electron chi connectivity index (χ3n) is 2.20. The number of carboxylic acid groups (broad SMARTS) is 1. The molecule has 6 heteroatoms. The Bertz CT molecular complexity index is 290. The molecule has 1 heterocycles. The van der Waals surface area contributed by atoms with Crippen molar-refractivity contribution in [3.8, 4) is 0 Å². The highest BCUT2D eigenvalue weighted by atomic mass is 16.4. The van der Waals surface area contributed by atoms with Crippen LogP contribution in [0.2, 0.25) is 0 Å². The summed E-state index contributed by atoms with van der Waals surface area (Å²) in [5, 5.41) is 10.9. The van der Waals surface area contributed by atoms with Crippen LogP contribution in [0.3, 0.4) is 0 Å². The molecule has 1 aliphatic heterocycles. The largest absolute Gasteiger partial charge is 0.481 e. The number of hydrogen-bond donors (Lipinski definition) is 2. The number of imide groups is 1. The second-order valence-electron chi connectivity index (χ2n) is 3.42. The Labute approximate surface area is 87.2 Å². The Morgan fingerprint density at radius 1 is 1.53 bits per heavy atom. The molecule has 3 amide bonds. The molecule has 1 saturated heterocycles. The number of nitrogens with one attached hydrogen (secondary N) is 1. The molecule has 1 rings (SSSR count). The minimum absolute atomic E-state index is 0.114. The van der Waals surface area contributed by atoms with E-state index in [1.54, 1.807) is 0 Å². The van der Waals surface area contributed by atoms with Gasteiger partial charge in [-0.25, -0.2) is 4.79 Å². The van der Waals surface area contributed by atoms with Crippen molar-refractivity contribution in [2.75, 3.05) is 6.54 Å². The molecule has 1 fully saturated rings. The quantitative estimate of drug-likeness (QED) is 0.639. The zero-order valence-corrected chi connectivity index (χ0v) is 8.52. The fraction of sp³-hybridized carbons (Fsp3) is 0.667. The number of hydrogen-bond acceptors (Lipinski definition) is 3. The third kappa shape index (κ3) is 2.68. The fourth-order valence-electron chi connectivity index (χ4n) is 1.48. The first-order valence-electron chi connectivity index (χ1n) is 4.90. The van der Waals surface area contributed by atoms with Crippen molar-refractivity contribution in [2.45, 2.75) is 32.2 Å². The van der Waals surface area contributed by atoms with Crippen molar-refractivity contribution in [3.05, 3.63) is 0 Å². The summed E-state index contributed by atoms with van der Waals surface area (Å²) in [7, 11) is 0. The van der Waals surface area contributed by atoms with E-state index in [2.05, 4.69) is 5.32 Å². The maximum Gasteiger partial charge on any atom is 0.324 e. The molecule has 1 unspecified atom stereocenters. The Balaban J connectivity index is 2.53. The van der Waals surface area contributed by atoms with Gasteiger partial charge in [0.25, 0.3) is 5.91 Å². The normalized spacial score (nSPS) is 20.6. The van der Waals surface area contributed by atoms with Crippen molar-refractivity contribution in [3.63, 3.8) is 0 Å². The van der Waals surface area contributed by atoms with Crippen LogP contribution in [0.5, 0.6) is 0 Å². The van der Waals surface area contributed by atoms with E-state index in [1.807, 2.05) is 6.92 Å². The van der Waals surface area contributed by atoms with E-state index in [9.17, 15) is 14.4 Å². The van der Waals surface area contributed by atoms with Gasteiger partial charge in [0, 0.05) is 13.0 Å². The molecule has 0 aromatic heterocycles. The standard InChI is InChI=1S/C9H14N2O4/c1-2-5-11-8(14)6(10-9(11)15)3-4-7(12)13/h6H,2-5H2,1H3,(H,10,15)(H,12,13). The Hall–Kier alpha value is -1.59. The Morgan fingerprint density at radius 2 is 2.20 bits per heavy atom. The van der Waals surface area contributed by atoms with Crippen LogP contribution in [0.1, 0.15) is 26.2 Å². The number of urea groups is 1. The van der Waals surface area contributed by atoms with Gasteiger partial charge in [0.05, 0.1) is 0 Å². The van der Waals surface area contributed by atoms with Crippen molar-refractivity contribution in [1.29, 1.82) is 0 Å². The maximum atomic E-state index is 11.6. The number of carbonyl (C=O) groups is 3.